The second-order valence-corrected chi connectivity index (χ2v) is 6.42. The van der Waals surface area contributed by atoms with Crippen LogP contribution >= 0.6 is 0 Å². The van der Waals surface area contributed by atoms with Gasteiger partial charge in [0.15, 0.2) is 0 Å². The molecule has 0 saturated carbocycles. The lowest BCUT2D eigenvalue weighted by molar-refractivity contribution is 0.249. The summed E-state index contributed by atoms with van der Waals surface area (Å²) in [6.45, 7) is 6.18. The van der Waals surface area contributed by atoms with E-state index >= 15 is 0 Å². The summed E-state index contributed by atoms with van der Waals surface area (Å²) in [7, 11) is 0. The molecular weight excluding hydrogens is 265 g/mol. The van der Waals surface area contributed by atoms with Gasteiger partial charge in [-0.15, -0.1) is 0 Å². The van der Waals surface area contributed by atoms with Gasteiger partial charge in [0.2, 0.25) is 0 Å². The first kappa shape index (κ1) is 14.8. The number of rotatable bonds is 4. The minimum absolute atomic E-state index is 0.172. The van der Waals surface area contributed by atoms with Crippen molar-refractivity contribution in [3.8, 4) is 0 Å². The first-order valence-electron chi connectivity index (χ1n) is 8.22. The summed E-state index contributed by atoms with van der Waals surface area (Å²) in [5.41, 5.74) is 7.12. The highest BCUT2D eigenvalue weighted by Crippen LogP contribution is 2.26. The Morgan fingerprint density at radius 2 is 1.81 bits per heavy atom. The molecule has 2 saturated heterocycles. The summed E-state index contributed by atoms with van der Waals surface area (Å²) in [4.78, 5) is 4.92. The van der Waals surface area contributed by atoms with E-state index in [0.29, 0.717) is 5.56 Å². The van der Waals surface area contributed by atoms with E-state index in [2.05, 4.69) is 9.80 Å². The van der Waals surface area contributed by atoms with Crippen molar-refractivity contribution in [2.24, 2.45) is 11.7 Å². The predicted octanol–water partition coefficient (Wildman–Crippen LogP) is 2.60. The van der Waals surface area contributed by atoms with E-state index < -0.39 is 0 Å². The van der Waals surface area contributed by atoms with Gasteiger partial charge in [0, 0.05) is 37.4 Å². The predicted molar refractivity (Wildman–Crippen MR) is 84.9 cm³/mol. The van der Waals surface area contributed by atoms with Crippen molar-refractivity contribution >= 4 is 5.69 Å². The van der Waals surface area contributed by atoms with Gasteiger partial charge in [-0.2, -0.15) is 0 Å². The molecule has 116 valence electrons. The van der Waals surface area contributed by atoms with E-state index in [-0.39, 0.29) is 12.4 Å². The summed E-state index contributed by atoms with van der Waals surface area (Å²) in [5.74, 6) is 0.640. The van der Waals surface area contributed by atoms with Crippen LogP contribution in [0.3, 0.4) is 0 Å². The van der Waals surface area contributed by atoms with Crippen LogP contribution < -0.4 is 10.6 Å². The van der Waals surface area contributed by atoms with Gasteiger partial charge in [0.25, 0.3) is 0 Å². The number of hydrogen-bond acceptors (Lipinski definition) is 3. The SMILES string of the molecule is NCc1ccc(N2CCC(CN3CCCC3)CC2)cc1F. The zero-order valence-electron chi connectivity index (χ0n) is 12.7. The van der Waals surface area contributed by atoms with Crippen molar-refractivity contribution < 1.29 is 4.39 Å². The van der Waals surface area contributed by atoms with Crippen LogP contribution in [-0.2, 0) is 6.54 Å². The zero-order valence-corrected chi connectivity index (χ0v) is 12.7. The highest BCUT2D eigenvalue weighted by atomic mass is 19.1. The number of halogens is 1. The molecule has 3 nitrogen and oxygen atoms in total. The lowest BCUT2D eigenvalue weighted by atomic mass is 9.95. The zero-order chi connectivity index (χ0) is 14.7. The summed E-state index contributed by atoms with van der Waals surface area (Å²) in [5, 5.41) is 0. The maximum Gasteiger partial charge on any atom is 0.129 e. The van der Waals surface area contributed by atoms with Crippen LogP contribution in [0.2, 0.25) is 0 Å². The normalized spacial score (nSPS) is 21.1. The molecule has 2 aliphatic heterocycles. The molecule has 2 fully saturated rings. The number of nitrogens with zero attached hydrogens (tertiary/aromatic N) is 2. The minimum Gasteiger partial charge on any atom is -0.371 e. The Hall–Kier alpha value is -1.13. The number of anilines is 1. The van der Waals surface area contributed by atoms with E-state index in [9.17, 15) is 4.39 Å². The number of likely N-dealkylation sites (tertiary alicyclic amines) is 1. The Labute approximate surface area is 126 Å². The Kier molecular flexibility index (Phi) is 4.76. The van der Waals surface area contributed by atoms with Crippen molar-refractivity contribution in [1.29, 1.82) is 0 Å². The standard InChI is InChI=1S/C17H26FN3/c18-17-11-16(4-3-15(17)12-19)21-9-5-14(6-10-21)13-20-7-1-2-8-20/h3-4,11,14H,1-2,5-10,12-13,19H2. The van der Waals surface area contributed by atoms with Crippen LogP contribution in [0.1, 0.15) is 31.2 Å². The molecule has 0 unspecified atom stereocenters. The van der Waals surface area contributed by atoms with E-state index in [1.165, 1.54) is 45.3 Å². The quantitative estimate of drug-likeness (QED) is 0.925. The molecule has 3 rings (SSSR count). The fraction of sp³-hybridized carbons (Fsp3) is 0.647. The van der Waals surface area contributed by atoms with E-state index in [1.54, 1.807) is 6.07 Å². The average Bonchev–Trinajstić information content (AvgIpc) is 3.01. The van der Waals surface area contributed by atoms with Gasteiger partial charge in [0.05, 0.1) is 0 Å². The van der Waals surface area contributed by atoms with Gasteiger partial charge in [-0.25, -0.2) is 4.39 Å². The topological polar surface area (TPSA) is 32.5 Å². The highest BCUT2D eigenvalue weighted by Gasteiger charge is 2.23. The first-order valence-corrected chi connectivity index (χ1v) is 8.22. The first-order chi connectivity index (χ1) is 10.3. The third kappa shape index (κ3) is 3.55. The number of piperidine rings is 1. The van der Waals surface area contributed by atoms with Crippen molar-refractivity contribution in [2.75, 3.05) is 37.6 Å². The second-order valence-electron chi connectivity index (χ2n) is 6.42. The van der Waals surface area contributed by atoms with Gasteiger partial charge in [0.1, 0.15) is 5.82 Å². The molecule has 0 atom stereocenters. The van der Waals surface area contributed by atoms with Crippen molar-refractivity contribution in [1.82, 2.24) is 4.90 Å². The molecule has 0 bridgehead atoms. The number of benzene rings is 1. The van der Waals surface area contributed by atoms with Gasteiger partial charge >= 0.3 is 0 Å². The van der Waals surface area contributed by atoms with E-state index in [4.69, 9.17) is 5.73 Å². The summed E-state index contributed by atoms with van der Waals surface area (Å²) in [6, 6.07) is 5.47. The number of nitrogens with two attached hydrogens (primary N) is 1. The lowest BCUT2D eigenvalue weighted by Crippen LogP contribution is -2.38. The maximum atomic E-state index is 13.8. The molecular formula is C17H26FN3. The van der Waals surface area contributed by atoms with Crippen LogP contribution in [0.4, 0.5) is 10.1 Å². The Morgan fingerprint density at radius 3 is 2.43 bits per heavy atom. The third-order valence-electron chi connectivity index (χ3n) is 4.95. The molecule has 0 amide bonds. The van der Waals surface area contributed by atoms with Crippen molar-refractivity contribution in [3.05, 3.63) is 29.6 Å². The molecule has 0 aliphatic carbocycles. The molecule has 2 aliphatic rings. The van der Waals surface area contributed by atoms with Gasteiger partial charge in [-0.05, 0) is 56.8 Å². The monoisotopic (exact) mass is 291 g/mol. The number of hydrogen-bond donors (Lipinski definition) is 1. The van der Waals surface area contributed by atoms with Crippen LogP contribution in [-0.4, -0.2) is 37.6 Å². The fourth-order valence-electron chi connectivity index (χ4n) is 3.60. The van der Waals surface area contributed by atoms with E-state index in [0.717, 1.165) is 24.7 Å². The largest absolute Gasteiger partial charge is 0.371 e. The smallest absolute Gasteiger partial charge is 0.129 e. The lowest BCUT2D eigenvalue weighted by Gasteiger charge is -2.35. The minimum atomic E-state index is -0.172. The van der Waals surface area contributed by atoms with Crippen LogP contribution in [0.5, 0.6) is 0 Å². The van der Waals surface area contributed by atoms with Gasteiger partial charge < -0.3 is 15.5 Å². The highest BCUT2D eigenvalue weighted by molar-refractivity contribution is 5.48. The third-order valence-corrected chi connectivity index (χ3v) is 4.95. The van der Waals surface area contributed by atoms with Crippen molar-refractivity contribution in [2.45, 2.75) is 32.2 Å². The molecule has 1 aromatic rings. The summed E-state index contributed by atoms with van der Waals surface area (Å²) >= 11 is 0. The Bertz CT molecular complexity index is 463. The molecule has 2 heterocycles. The van der Waals surface area contributed by atoms with Crippen molar-refractivity contribution in [3.63, 3.8) is 0 Å². The molecule has 4 heteroatoms. The molecule has 1 aromatic carbocycles. The van der Waals surface area contributed by atoms with Gasteiger partial charge in [-0.1, -0.05) is 6.07 Å². The summed E-state index contributed by atoms with van der Waals surface area (Å²) < 4.78 is 13.8. The molecule has 0 radical (unpaired) electrons. The Morgan fingerprint density at radius 1 is 1.10 bits per heavy atom. The van der Waals surface area contributed by atoms with Gasteiger partial charge in [-0.3, -0.25) is 0 Å². The molecule has 21 heavy (non-hydrogen) atoms. The molecule has 0 spiro atoms. The molecule has 0 aromatic heterocycles. The van der Waals surface area contributed by atoms with Crippen LogP contribution in [0.15, 0.2) is 18.2 Å². The van der Waals surface area contributed by atoms with E-state index in [1.807, 2.05) is 12.1 Å². The van der Waals surface area contributed by atoms with Crippen LogP contribution in [0, 0.1) is 11.7 Å². The second kappa shape index (κ2) is 6.75. The average molecular weight is 291 g/mol. The fourth-order valence-corrected chi connectivity index (χ4v) is 3.60. The van der Waals surface area contributed by atoms with Crippen LogP contribution in [0.25, 0.3) is 0 Å². The molecule has 2 N–H and O–H groups in total. The summed E-state index contributed by atoms with van der Waals surface area (Å²) in [6.07, 6.45) is 5.17. The maximum absolute atomic E-state index is 13.8. The Balaban J connectivity index is 1.54.